The Bertz CT molecular complexity index is 1050. The molecule has 1 amide bonds. The third kappa shape index (κ3) is 3.27. The Kier molecular flexibility index (Phi) is 5.22. The minimum absolute atomic E-state index is 0.0911. The number of amides is 1. The number of hydrogen-bond donors (Lipinski definition) is 0. The van der Waals surface area contributed by atoms with Crippen molar-refractivity contribution in [1.29, 1.82) is 5.26 Å². The van der Waals surface area contributed by atoms with Gasteiger partial charge in [-0.1, -0.05) is 0 Å². The second-order valence-electron chi connectivity index (χ2n) is 6.90. The Morgan fingerprint density at radius 2 is 1.71 bits per heavy atom. The monoisotopic (exact) mass is 403 g/mol. The minimum Gasteiger partial charge on any atom is -0.273 e. The number of carbonyl (C=O) groups is 1. The third-order valence-electron chi connectivity index (χ3n) is 5.39. The smallest absolute Gasteiger partial charge is 0.241 e. The van der Waals surface area contributed by atoms with Crippen molar-refractivity contribution < 1.29 is 22.0 Å². The van der Waals surface area contributed by atoms with Crippen molar-refractivity contribution >= 4 is 15.7 Å². The number of carbonyl (C=O) groups excluding carboxylic acids is 1. The molecule has 1 saturated carbocycles. The summed E-state index contributed by atoms with van der Waals surface area (Å²) in [4.78, 5) is 11.3. The van der Waals surface area contributed by atoms with Crippen LogP contribution in [0.4, 0.5) is 8.78 Å². The van der Waals surface area contributed by atoms with Gasteiger partial charge in [0, 0.05) is 11.5 Å². The van der Waals surface area contributed by atoms with Crippen LogP contribution in [0.3, 0.4) is 0 Å². The van der Waals surface area contributed by atoms with E-state index in [9.17, 15) is 22.0 Å². The first-order chi connectivity index (χ1) is 13.2. The Morgan fingerprint density at radius 3 is 2.25 bits per heavy atom. The van der Waals surface area contributed by atoms with Crippen molar-refractivity contribution in [2.75, 3.05) is 0 Å². The van der Waals surface area contributed by atoms with Gasteiger partial charge < -0.3 is 0 Å². The van der Waals surface area contributed by atoms with Crippen LogP contribution in [0.15, 0.2) is 47.4 Å². The Hall–Kier alpha value is -2.79. The molecule has 3 rings (SSSR count). The SMILES string of the molecule is N#Cc1ccc(S(=O)(=O)C2(c3cc(F)ccc3F)CCC(C([NH])=O)CC2)cc1. The van der Waals surface area contributed by atoms with E-state index in [0.717, 1.165) is 18.2 Å². The quantitative estimate of drug-likeness (QED) is 0.780. The molecule has 28 heavy (non-hydrogen) atoms. The normalized spacial score (nSPS) is 22.4. The number of nitrogens with zero attached hydrogens (tertiary/aromatic N) is 1. The van der Waals surface area contributed by atoms with Crippen molar-refractivity contribution in [2.24, 2.45) is 5.92 Å². The van der Waals surface area contributed by atoms with Crippen LogP contribution in [0.1, 0.15) is 36.8 Å². The zero-order valence-corrected chi connectivity index (χ0v) is 15.6. The van der Waals surface area contributed by atoms with E-state index in [4.69, 9.17) is 11.0 Å². The summed E-state index contributed by atoms with van der Waals surface area (Å²) in [6.45, 7) is 0. The van der Waals surface area contributed by atoms with Crippen LogP contribution in [-0.2, 0) is 19.4 Å². The molecule has 1 aliphatic carbocycles. The van der Waals surface area contributed by atoms with Crippen molar-refractivity contribution in [1.82, 2.24) is 5.73 Å². The summed E-state index contributed by atoms with van der Waals surface area (Å²) in [5.74, 6) is -3.01. The first-order valence-electron chi connectivity index (χ1n) is 8.67. The van der Waals surface area contributed by atoms with Gasteiger partial charge in [0.1, 0.15) is 16.4 Å². The lowest BCUT2D eigenvalue weighted by atomic mass is 9.77. The summed E-state index contributed by atoms with van der Waals surface area (Å²) in [7, 11) is -4.18. The molecule has 0 saturated heterocycles. The molecule has 0 aliphatic heterocycles. The fourth-order valence-corrected chi connectivity index (χ4v) is 5.97. The van der Waals surface area contributed by atoms with E-state index in [1.165, 1.54) is 24.3 Å². The maximum atomic E-state index is 14.6. The molecule has 1 aliphatic rings. The van der Waals surface area contributed by atoms with Gasteiger partial charge in [0.05, 0.1) is 16.5 Å². The molecule has 1 N–H and O–H groups in total. The number of sulfone groups is 1. The molecule has 1 fully saturated rings. The lowest BCUT2D eigenvalue weighted by molar-refractivity contribution is -0.123. The van der Waals surface area contributed by atoms with E-state index in [0.29, 0.717) is 0 Å². The zero-order chi connectivity index (χ0) is 20.5. The van der Waals surface area contributed by atoms with Gasteiger partial charge in [0.2, 0.25) is 5.91 Å². The van der Waals surface area contributed by atoms with E-state index in [1.807, 2.05) is 6.07 Å². The van der Waals surface area contributed by atoms with Gasteiger partial charge in [0.15, 0.2) is 9.84 Å². The van der Waals surface area contributed by atoms with Gasteiger partial charge >= 0.3 is 0 Å². The van der Waals surface area contributed by atoms with Gasteiger partial charge in [-0.25, -0.2) is 17.2 Å². The predicted molar refractivity (Wildman–Crippen MR) is 96.4 cm³/mol. The van der Waals surface area contributed by atoms with Crippen LogP contribution in [0.5, 0.6) is 0 Å². The fraction of sp³-hybridized carbons (Fsp3) is 0.300. The average molecular weight is 403 g/mol. The largest absolute Gasteiger partial charge is 0.273 e. The van der Waals surface area contributed by atoms with Crippen molar-refractivity contribution in [3.05, 3.63) is 65.2 Å². The summed E-state index contributed by atoms with van der Waals surface area (Å²) in [6, 6.07) is 9.84. The second kappa shape index (κ2) is 7.32. The summed E-state index contributed by atoms with van der Waals surface area (Å²) in [5.41, 5.74) is 7.30. The lowest BCUT2D eigenvalue weighted by Crippen LogP contribution is -2.42. The number of halogens is 2. The van der Waals surface area contributed by atoms with Crippen LogP contribution in [-0.4, -0.2) is 14.3 Å². The average Bonchev–Trinajstić information content (AvgIpc) is 2.69. The van der Waals surface area contributed by atoms with E-state index >= 15 is 0 Å². The molecular weight excluding hydrogens is 386 g/mol. The molecule has 0 bridgehead atoms. The van der Waals surface area contributed by atoms with Gasteiger partial charge in [-0.3, -0.25) is 10.5 Å². The van der Waals surface area contributed by atoms with Crippen molar-refractivity contribution in [3.63, 3.8) is 0 Å². The highest BCUT2D eigenvalue weighted by Crippen LogP contribution is 2.49. The molecule has 0 unspecified atom stereocenters. The molecule has 0 atom stereocenters. The summed E-state index contributed by atoms with van der Waals surface area (Å²) in [5, 5.41) is 8.92. The molecule has 8 heteroatoms. The molecule has 0 aromatic heterocycles. The van der Waals surface area contributed by atoms with Crippen LogP contribution < -0.4 is 5.73 Å². The maximum absolute atomic E-state index is 14.6. The molecule has 145 valence electrons. The molecule has 2 aromatic rings. The van der Waals surface area contributed by atoms with Crippen LogP contribution in [0.2, 0.25) is 0 Å². The summed E-state index contributed by atoms with van der Waals surface area (Å²) in [6.07, 6.45) is -0.0302. The van der Waals surface area contributed by atoms with Gasteiger partial charge in [-0.15, -0.1) is 0 Å². The van der Waals surface area contributed by atoms with E-state index < -0.39 is 38.0 Å². The summed E-state index contributed by atoms with van der Waals surface area (Å²) < 4.78 is 53.9. The van der Waals surface area contributed by atoms with E-state index in [1.54, 1.807) is 0 Å². The number of nitriles is 1. The highest BCUT2D eigenvalue weighted by atomic mass is 32.2. The number of benzene rings is 2. The zero-order valence-electron chi connectivity index (χ0n) is 14.8. The van der Waals surface area contributed by atoms with E-state index in [-0.39, 0.29) is 41.7 Å². The van der Waals surface area contributed by atoms with E-state index in [2.05, 4.69) is 0 Å². The summed E-state index contributed by atoms with van der Waals surface area (Å²) >= 11 is 0. The van der Waals surface area contributed by atoms with Crippen LogP contribution in [0, 0.1) is 28.9 Å². The van der Waals surface area contributed by atoms with Gasteiger partial charge in [-0.05, 0) is 68.1 Å². The highest BCUT2D eigenvalue weighted by Gasteiger charge is 2.50. The standard InChI is InChI=1S/C20H17F2N2O3S/c21-15-3-6-18(22)17(11-15)20(9-7-14(8-10-20)19(24)25)28(26,27)16-4-1-13(12-23)2-5-16/h1-6,11,14,24H,7-10H2. The molecule has 1 radical (unpaired) electrons. The Labute approximate surface area is 161 Å². The first-order valence-corrected chi connectivity index (χ1v) is 10.2. The van der Waals surface area contributed by atoms with Crippen LogP contribution in [0.25, 0.3) is 0 Å². The Balaban J connectivity index is 2.17. The third-order valence-corrected chi connectivity index (χ3v) is 7.94. The lowest BCUT2D eigenvalue weighted by Gasteiger charge is -2.39. The Morgan fingerprint density at radius 1 is 1.11 bits per heavy atom. The fourth-order valence-electron chi connectivity index (χ4n) is 3.81. The van der Waals surface area contributed by atoms with Gasteiger partial charge in [0.25, 0.3) is 0 Å². The van der Waals surface area contributed by atoms with Crippen LogP contribution >= 0.6 is 0 Å². The molecule has 0 heterocycles. The minimum atomic E-state index is -4.18. The maximum Gasteiger partial charge on any atom is 0.241 e. The predicted octanol–water partition coefficient (Wildman–Crippen LogP) is 3.51. The topological polar surface area (TPSA) is 98.8 Å². The van der Waals surface area contributed by atoms with Crippen molar-refractivity contribution in [2.45, 2.75) is 35.3 Å². The molecule has 5 nitrogen and oxygen atoms in total. The van der Waals surface area contributed by atoms with Crippen molar-refractivity contribution in [3.8, 4) is 6.07 Å². The highest BCUT2D eigenvalue weighted by molar-refractivity contribution is 7.92. The number of nitrogens with one attached hydrogen (secondary N) is 1. The molecular formula is C20H17F2N2O3S. The number of rotatable bonds is 4. The second-order valence-corrected chi connectivity index (χ2v) is 9.16. The first kappa shape index (κ1) is 20.0. The molecule has 2 aromatic carbocycles. The molecule has 0 spiro atoms. The number of hydrogen-bond acceptors (Lipinski definition) is 4. The van der Waals surface area contributed by atoms with Gasteiger partial charge in [-0.2, -0.15) is 5.26 Å².